The zero-order chi connectivity index (χ0) is 57.4. The molecular formula is C61H67BClN9O8S2. The Kier molecular flexibility index (Phi) is 15.2. The first-order valence-corrected chi connectivity index (χ1v) is 30.3. The number of aryl methyl sites for hydroxylation is 3. The van der Waals surface area contributed by atoms with Crippen molar-refractivity contribution in [2.45, 2.75) is 136 Å². The van der Waals surface area contributed by atoms with Crippen LogP contribution in [0.15, 0.2) is 93.9 Å². The van der Waals surface area contributed by atoms with E-state index in [9.17, 15) is 19.5 Å². The predicted octanol–water partition coefficient (Wildman–Crippen LogP) is 9.33. The summed E-state index contributed by atoms with van der Waals surface area (Å²) in [5.74, 6) is 0.668. The van der Waals surface area contributed by atoms with Crippen LogP contribution in [0.2, 0.25) is 5.02 Å². The summed E-state index contributed by atoms with van der Waals surface area (Å²) in [6, 6.07) is 23.7. The van der Waals surface area contributed by atoms with Crippen LogP contribution in [0, 0.1) is 50.9 Å². The highest BCUT2D eigenvalue weighted by atomic mass is 35.5. The fourth-order valence-electron chi connectivity index (χ4n) is 13.4. The van der Waals surface area contributed by atoms with Gasteiger partial charge >= 0.3 is 7.12 Å². The number of hydrogen-bond donors (Lipinski definition) is 3. The van der Waals surface area contributed by atoms with Gasteiger partial charge in [0.15, 0.2) is 11.6 Å². The number of ether oxygens (including phenoxy) is 1. The molecule has 2 bridgehead atoms. The van der Waals surface area contributed by atoms with E-state index in [2.05, 4.69) is 63.2 Å². The maximum absolute atomic E-state index is 14.5. The van der Waals surface area contributed by atoms with Crippen LogP contribution in [-0.4, -0.2) is 102 Å². The van der Waals surface area contributed by atoms with E-state index in [1.165, 1.54) is 9.78 Å². The number of fused-ring (bicyclic) bond motifs is 3. The van der Waals surface area contributed by atoms with Crippen LogP contribution in [0.5, 0.6) is 5.88 Å². The van der Waals surface area contributed by atoms with Crippen molar-refractivity contribution in [1.29, 1.82) is 0 Å². The smallest absolute Gasteiger partial charge is 0.471 e. The third-order valence-electron chi connectivity index (χ3n) is 18.0. The predicted molar refractivity (Wildman–Crippen MR) is 315 cm³/mol. The number of aliphatic hydroxyl groups is 1. The van der Waals surface area contributed by atoms with E-state index in [4.69, 9.17) is 35.2 Å². The van der Waals surface area contributed by atoms with Crippen LogP contribution >= 0.6 is 34.3 Å². The molecule has 6 aliphatic rings. The highest BCUT2D eigenvalue weighted by Crippen LogP contribution is 2.66. The van der Waals surface area contributed by atoms with Crippen LogP contribution < -0.4 is 20.8 Å². The van der Waals surface area contributed by atoms with E-state index in [-0.39, 0.29) is 79.5 Å². The second-order valence-corrected chi connectivity index (χ2v) is 26.1. The molecule has 2 saturated heterocycles. The Morgan fingerprint density at radius 3 is 2.48 bits per heavy atom. The van der Waals surface area contributed by atoms with Crippen molar-refractivity contribution in [2.75, 3.05) is 13.1 Å². The van der Waals surface area contributed by atoms with Gasteiger partial charge in [-0.15, -0.1) is 32.9 Å². The molecule has 426 valence electrons. The van der Waals surface area contributed by atoms with Gasteiger partial charge in [0.25, 0.3) is 5.88 Å². The number of aromatic nitrogens is 5. The molecule has 21 heteroatoms. The molecule has 5 fully saturated rings. The molecule has 8 atom stereocenters. The highest BCUT2D eigenvalue weighted by molar-refractivity contribution is 7.15. The number of carbonyl (C=O) groups is 3. The van der Waals surface area contributed by atoms with Crippen LogP contribution in [0.1, 0.15) is 128 Å². The SMILES string of the molecule is Cc1ncsc1-c1ccc(CNC(=O)[C@@H]2C[C@@H](O)CN2C(=O)C(c2cc(OCc3ccccc3B3O[C@@H]4C[C@@H]5C[C@@H](C5(C)C)[C@]4(CCNC(=O)C[C@@H]4N=C(c5ccc(Cl)cc5)c5c(sc(C)c5C)-n5c(C)nnc54)O3)no2)C(C)C)cc1. The van der Waals surface area contributed by atoms with Gasteiger partial charge in [0.05, 0.1) is 46.0 Å². The molecule has 3 aliphatic carbocycles. The summed E-state index contributed by atoms with van der Waals surface area (Å²) >= 11 is 9.61. The summed E-state index contributed by atoms with van der Waals surface area (Å²) in [6.45, 7) is 17.4. The Hall–Kier alpha value is -6.55. The van der Waals surface area contributed by atoms with Crippen LogP contribution in [0.25, 0.3) is 15.4 Å². The van der Waals surface area contributed by atoms with Gasteiger partial charge in [-0.05, 0) is 115 Å². The maximum Gasteiger partial charge on any atom is 0.495 e. The van der Waals surface area contributed by atoms with E-state index in [1.807, 2.05) is 106 Å². The Bertz CT molecular complexity index is 3600. The number of halogens is 1. The van der Waals surface area contributed by atoms with Crippen molar-refractivity contribution < 1.29 is 38.1 Å². The van der Waals surface area contributed by atoms with Crippen molar-refractivity contribution in [3.63, 3.8) is 0 Å². The number of thiophene rings is 1. The molecule has 0 spiro atoms. The van der Waals surface area contributed by atoms with Crippen molar-refractivity contribution in [1.82, 2.24) is 40.4 Å². The number of thiazole rings is 1. The molecule has 82 heavy (non-hydrogen) atoms. The minimum Gasteiger partial charge on any atom is -0.471 e. The molecule has 3 saturated carbocycles. The molecule has 7 heterocycles. The van der Waals surface area contributed by atoms with E-state index >= 15 is 0 Å². The van der Waals surface area contributed by atoms with Crippen LogP contribution in [-0.2, 0) is 36.8 Å². The normalized spacial score (nSPS) is 23.6. The highest BCUT2D eigenvalue weighted by Gasteiger charge is 2.69. The number of hydrogen-bond acceptors (Lipinski definition) is 15. The second-order valence-electron chi connectivity index (χ2n) is 23.6. The Labute approximate surface area is 490 Å². The van der Waals surface area contributed by atoms with Gasteiger partial charge < -0.3 is 39.2 Å². The molecule has 0 radical (unpaired) electrons. The third kappa shape index (κ3) is 10.2. The van der Waals surface area contributed by atoms with Gasteiger partial charge in [0, 0.05) is 53.1 Å². The lowest BCUT2D eigenvalue weighted by molar-refractivity contribution is -0.209. The molecule has 13 rings (SSSR count). The zero-order valence-electron chi connectivity index (χ0n) is 47.3. The molecule has 3 aromatic carbocycles. The summed E-state index contributed by atoms with van der Waals surface area (Å²) in [5.41, 5.74) is 9.61. The monoisotopic (exact) mass is 1160 g/mol. The first-order chi connectivity index (χ1) is 39.4. The van der Waals surface area contributed by atoms with Crippen LogP contribution in [0.4, 0.5) is 0 Å². The summed E-state index contributed by atoms with van der Waals surface area (Å²) in [6.07, 6.45) is 1.55. The minimum absolute atomic E-state index is 0.0173. The van der Waals surface area contributed by atoms with Gasteiger partial charge in [-0.25, -0.2) is 4.98 Å². The Balaban J connectivity index is 0.707. The summed E-state index contributed by atoms with van der Waals surface area (Å²) in [7, 11) is -0.693. The lowest BCUT2D eigenvalue weighted by Crippen LogP contribution is -2.67. The van der Waals surface area contributed by atoms with Crippen molar-refractivity contribution >= 4 is 70.3 Å². The summed E-state index contributed by atoms with van der Waals surface area (Å²) in [5, 5.41) is 32.0. The Morgan fingerprint density at radius 2 is 1.73 bits per heavy atom. The standard InChI is InChI=1S/C61H67BClN9O8S2/c1-32(2)52(58(76)71-29-43(73)25-46(71)57(75)65-28-37-13-15-39(16-14-37)55-34(4)66-31-81-55)47-27-51(70-79-47)77-30-40-11-9-10-12-44(40)62-78-49-24-41-23-48(60(41,7)8)61(49,80-62)21-22-64-50(74)26-45-56-69-68-36(6)72(56)59-53(33(3)35(5)82-59)54(67-45)38-17-19-42(63)20-18-38/h9-20,27,31-32,41,43,45-46,48-49,52,73H,21-26,28-30H2,1-8H3,(H,64,74)(H,65,75)/t41-,43+,45-,46-,48-,49+,52?,61-/m0/s1. The van der Waals surface area contributed by atoms with Gasteiger partial charge in [0.1, 0.15) is 35.4 Å². The van der Waals surface area contributed by atoms with Gasteiger partial charge in [-0.3, -0.25) is 23.9 Å². The first kappa shape index (κ1) is 56.0. The topological polar surface area (TPSA) is 208 Å². The first-order valence-electron chi connectivity index (χ1n) is 28.3. The second kappa shape index (κ2) is 22.2. The van der Waals surface area contributed by atoms with E-state index in [1.54, 1.807) is 28.7 Å². The summed E-state index contributed by atoms with van der Waals surface area (Å²) in [4.78, 5) is 55.9. The third-order valence-corrected chi connectivity index (χ3v) is 20.4. The number of nitrogens with zero attached hydrogens (tertiary/aromatic N) is 7. The van der Waals surface area contributed by atoms with Gasteiger partial charge in [-0.1, -0.05) is 100.0 Å². The lowest BCUT2D eigenvalue weighted by Gasteiger charge is -2.65. The molecule has 7 aromatic rings. The van der Waals surface area contributed by atoms with Gasteiger partial charge in [-0.2, -0.15) is 0 Å². The number of nitrogens with one attached hydrogen (secondary N) is 2. The number of rotatable bonds is 17. The van der Waals surface area contributed by atoms with E-state index in [0.29, 0.717) is 35.5 Å². The number of benzene rings is 3. The van der Waals surface area contributed by atoms with Crippen molar-refractivity contribution in [3.05, 3.63) is 145 Å². The van der Waals surface area contributed by atoms with Crippen LogP contribution in [0.3, 0.4) is 0 Å². The molecule has 3 amide bonds. The quantitative estimate of drug-likeness (QED) is 0.0729. The van der Waals surface area contributed by atoms with Crippen molar-refractivity contribution in [3.8, 4) is 21.3 Å². The zero-order valence-corrected chi connectivity index (χ0v) is 49.7. The van der Waals surface area contributed by atoms with E-state index < -0.39 is 36.8 Å². The number of likely N-dealkylation sites (tertiary alicyclic amines) is 1. The van der Waals surface area contributed by atoms with Crippen molar-refractivity contribution in [2.24, 2.45) is 28.2 Å². The molecule has 1 unspecified atom stereocenters. The fraction of sp³-hybridized carbons (Fsp3) is 0.443. The lowest BCUT2D eigenvalue weighted by atomic mass is 9.43. The largest absolute Gasteiger partial charge is 0.495 e. The molecule has 4 aromatic heterocycles. The number of β-amino-alcohol motifs (C(OH)–C–C–N with tert-alkyl or cyclic N) is 1. The number of amides is 3. The minimum atomic E-state index is -0.863. The number of carbonyl (C=O) groups excluding carboxylic acids is 3. The number of aliphatic hydroxyl groups excluding tert-OH is 1. The molecule has 17 nitrogen and oxygen atoms in total. The van der Waals surface area contributed by atoms with E-state index in [0.717, 1.165) is 78.8 Å². The fourth-order valence-corrected chi connectivity index (χ4v) is 15.5. The summed E-state index contributed by atoms with van der Waals surface area (Å²) < 4.78 is 28.4. The molecule has 3 N–H and O–H groups in total. The average Bonchev–Trinajstić information content (AvgIpc) is 2.12. The average molecular weight is 1160 g/mol. The molecular weight excluding hydrogens is 1100 g/mol. The number of aliphatic imine (C=N–C) groups is 1. The maximum atomic E-state index is 14.5. The molecule has 3 aliphatic heterocycles. The Morgan fingerprint density at radius 1 is 0.963 bits per heavy atom. The van der Waals surface area contributed by atoms with Gasteiger partial charge in [0.2, 0.25) is 17.7 Å².